The quantitative estimate of drug-likeness (QED) is 0.356. The molecule has 1 heterocycles. The van der Waals surface area contributed by atoms with E-state index in [0.29, 0.717) is 23.2 Å². The molecule has 0 unspecified atom stereocenters. The molecule has 3 aromatic rings. The molecule has 0 aliphatic carbocycles. The average molecular weight is 407 g/mol. The van der Waals surface area contributed by atoms with E-state index in [1.165, 1.54) is 12.7 Å². The van der Waals surface area contributed by atoms with Crippen molar-refractivity contribution in [2.75, 3.05) is 7.11 Å². The molecular formula is C24H25NO5. The molecule has 6 nitrogen and oxygen atoms in total. The molecule has 0 fully saturated rings. The van der Waals surface area contributed by atoms with Gasteiger partial charge in [-0.1, -0.05) is 45.0 Å². The topological polar surface area (TPSA) is 88.8 Å². The van der Waals surface area contributed by atoms with E-state index in [4.69, 9.17) is 9.84 Å². The number of aromatic nitrogens is 1. The van der Waals surface area contributed by atoms with Crippen LogP contribution in [0.3, 0.4) is 0 Å². The molecule has 0 bridgehead atoms. The summed E-state index contributed by atoms with van der Waals surface area (Å²) >= 11 is 0. The molecule has 2 aromatic carbocycles. The van der Waals surface area contributed by atoms with Crippen LogP contribution in [-0.4, -0.2) is 33.6 Å². The van der Waals surface area contributed by atoms with Crippen molar-refractivity contribution in [2.45, 2.75) is 32.7 Å². The number of carbonyl (C=O) groups is 2. The number of ether oxygens (including phenoxy) is 1. The van der Waals surface area contributed by atoms with Crippen molar-refractivity contribution >= 4 is 28.4 Å². The van der Waals surface area contributed by atoms with E-state index < -0.39 is 17.5 Å². The van der Waals surface area contributed by atoms with Gasteiger partial charge in [0.25, 0.3) is 5.78 Å². The molecule has 2 N–H and O–H groups in total. The number of hydrogen-bond acceptors (Lipinski definition) is 4. The van der Waals surface area contributed by atoms with E-state index in [1.54, 1.807) is 12.3 Å². The molecule has 3 rings (SSSR count). The third-order valence-electron chi connectivity index (χ3n) is 5.02. The van der Waals surface area contributed by atoms with Gasteiger partial charge in [-0.25, -0.2) is 4.79 Å². The number of hydrogen-bond donors (Lipinski definition) is 2. The van der Waals surface area contributed by atoms with E-state index in [1.807, 2.05) is 16.7 Å². The lowest BCUT2D eigenvalue weighted by molar-refractivity contribution is -0.146. The monoisotopic (exact) mass is 407 g/mol. The molecule has 0 saturated carbocycles. The zero-order chi connectivity index (χ0) is 22.1. The number of aliphatic carboxylic acids is 1. The predicted molar refractivity (Wildman–Crippen MR) is 116 cm³/mol. The highest BCUT2D eigenvalue weighted by Gasteiger charge is 2.17. The van der Waals surface area contributed by atoms with Crippen LogP contribution in [0.2, 0.25) is 0 Å². The minimum Gasteiger partial charge on any atom is -0.507 e. The van der Waals surface area contributed by atoms with Gasteiger partial charge < -0.3 is 19.5 Å². The van der Waals surface area contributed by atoms with Crippen molar-refractivity contribution < 1.29 is 24.5 Å². The first-order chi connectivity index (χ1) is 14.1. The molecule has 0 aliphatic heterocycles. The van der Waals surface area contributed by atoms with Gasteiger partial charge in [0.1, 0.15) is 11.5 Å². The molecule has 30 heavy (non-hydrogen) atoms. The van der Waals surface area contributed by atoms with E-state index in [-0.39, 0.29) is 5.41 Å². The van der Waals surface area contributed by atoms with Gasteiger partial charge in [-0.3, -0.25) is 4.79 Å². The zero-order valence-electron chi connectivity index (χ0n) is 17.5. The number of aliphatic hydroxyl groups is 1. The van der Waals surface area contributed by atoms with E-state index in [2.05, 4.69) is 45.0 Å². The van der Waals surface area contributed by atoms with Crippen LogP contribution in [0.1, 0.15) is 37.5 Å². The highest BCUT2D eigenvalue weighted by atomic mass is 16.5. The summed E-state index contributed by atoms with van der Waals surface area (Å²) in [4.78, 5) is 22.4. The Bertz CT molecular complexity index is 1130. The Kier molecular flexibility index (Phi) is 5.69. The molecule has 0 spiro atoms. The first kappa shape index (κ1) is 21.2. The van der Waals surface area contributed by atoms with E-state index in [0.717, 1.165) is 17.2 Å². The average Bonchev–Trinajstić information content (AvgIpc) is 3.05. The summed E-state index contributed by atoms with van der Waals surface area (Å²) in [5, 5.41) is 19.9. The number of fused-ring (bicyclic) bond motifs is 1. The highest BCUT2D eigenvalue weighted by molar-refractivity contribution is 6.38. The fourth-order valence-electron chi connectivity index (χ4n) is 3.31. The van der Waals surface area contributed by atoms with Gasteiger partial charge in [0.05, 0.1) is 7.11 Å². The first-order valence-electron chi connectivity index (χ1n) is 9.54. The highest BCUT2D eigenvalue weighted by Crippen LogP contribution is 2.30. The number of benzene rings is 2. The first-order valence-corrected chi connectivity index (χ1v) is 9.54. The van der Waals surface area contributed by atoms with Crippen molar-refractivity contribution in [3.05, 3.63) is 71.4 Å². The Morgan fingerprint density at radius 1 is 1.07 bits per heavy atom. The van der Waals surface area contributed by atoms with Crippen molar-refractivity contribution in [2.24, 2.45) is 0 Å². The Labute approximate surface area is 175 Å². The molecule has 0 atom stereocenters. The van der Waals surface area contributed by atoms with Crippen molar-refractivity contribution in [3.8, 4) is 5.75 Å². The Morgan fingerprint density at radius 2 is 1.73 bits per heavy atom. The van der Waals surface area contributed by atoms with Gasteiger partial charge in [-0.2, -0.15) is 0 Å². The largest absolute Gasteiger partial charge is 0.507 e. The number of ketones is 1. The van der Waals surface area contributed by atoms with Crippen LogP contribution >= 0.6 is 0 Å². The van der Waals surface area contributed by atoms with Crippen LogP contribution in [0, 0.1) is 0 Å². The number of carboxylic acid groups (broad SMARTS) is 1. The summed E-state index contributed by atoms with van der Waals surface area (Å²) in [5.41, 5.74) is 3.57. The second kappa shape index (κ2) is 8.06. The lowest BCUT2D eigenvalue weighted by Crippen LogP contribution is -2.11. The number of rotatable bonds is 6. The fourth-order valence-corrected chi connectivity index (χ4v) is 3.31. The van der Waals surface area contributed by atoms with Crippen LogP contribution in [0.25, 0.3) is 16.7 Å². The normalized spacial score (nSPS) is 12.2. The summed E-state index contributed by atoms with van der Waals surface area (Å²) in [6.45, 7) is 7.03. The Balaban J connectivity index is 2.05. The lowest BCUT2D eigenvalue weighted by atomic mass is 9.87. The summed E-state index contributed by atoms with van der Waals surface area (Å²) < 4.78 is 7.23. The Morgan fingerprint density at radius 3 is 2.30 bits per heavy atom. The van der Waals surface area contributed by atoms with Crippen molar-refractivity contribution in [1.82, 2.24) is 4.57 Å². The molecule has 1 aromatic heterocycles. The Hall–Kier alpha value is -3.54. The minimum atomic E-state index is -1.62. The van der Waals surface area contributed by atoms with Crippen molar-refractivity contribution in [3.63, 3.8) is 0 Å². The van der Waals surface area contributed by atoms with Crippen LogP contribution in [-0.2, 0) is 21.5 Å². The number of nitrogens with zero attached hydrogens (tertiary/aromatic N) is 1. The van der Waals surface area contributed by atoms with Gasteiger partial charge in [0.15, 0.2) is 0 Å². The van der Waals surface area contributed by atoms with E-state index >= 15 is 0 Å². The van der Waals surface area contributed by atoms with Gasteiger partial charge in [0, 0.05) is 35.3 Å². The van der Waals surface area contributed by atoms with Gasteiger partial charge >= 0.3 is 5.97 Å². The molecule has 156 valence electrons. The SMILES string of the molecule is COc1ccc2c(c1)c(C(O)=CC(=O)C(=O)O)cn2Cc1ccc(C(C)(C)C)cc1. The van der Waals surface area contributed by atoms with Gasteiger partial charge in [-0.05, 0) is 34.7 Å². The number of carbonyl (C=O) groups excluding carboxylic acids is 1. The number of methoxy groups -OCH3 is 1. The number of aliphatic hydroxyl groups excluding tert-OH is 1. The molecule has 0 aliphatic rings. The minimum absolute atomic E-state index is 0.0651. The maximum atomic E-state index is 11.5. The summed E-state index contributed by atoms with van der Waals surface area (Å²) in [5.74, 6) is -2.62. The summed E-state index contributed by atoms with van der Waals surface area (Å²) in [6.07, 6.45) is 2.43. The number of carboxylic acids is 1. The fraction of sp³-hybridized carbons (Fsp3) is 0.250. The summed E-state index contributed by atoms with van der Waals surface area (Å²) in [6, 6.07) is 13.8. The smallest absolute Gasteiger partial charge is 0.376 e. The third kappa shape index (κ3) is 4.38. The van der Waals surface area contributed by atoms with Crippen LogP contribution < -0.4 is 4.74 Å². The predicted octanol–water partition coefficient (Wildman–Crippen LogP) is 4.55. The maximum Gasteiger partial charge on any atom is 0.376 e. The third-order valence-corrected chi connectivity index (χ3v) is 5.02. The second-order valence-corrected chi connectivity index (χ2v) is 8.20. The molecule has 0 amide bonds. The van der Waals surface area contributed by atoms with Crippen LogP contribution in [0.4, 0.5) is 0 Å². The van der Waals surface area contributed by atoms with Crippen LogP contribution in [0.15, 0.2) is 54.7 Å². The lowest BCUT2D eigenvalue weighted by Gasteiger charge is -2.19. The zero-order valence-corrected chi connectivity index (χ0v) is 17.5. The molecule has 6 heteroatoms. The van der Waals surface area contributed by atoms with Gasteiger partial charge in [0.2, 0.25) is 0 Å². The second-order valence-electron chi connectivity index (χ2n) is 8.20. The summed E-state index contributed by atoms with van der Waals surface area (Å²) in [7, 11) is 1.54. The molecule has 0 saturated heterocycles. The molecule has 0 radical (unpaired) electrons. The standard InChI is InChI=1S/C24H25NO5/c1-24(2,3)16-7-5-15(6-8-16)13-25-14-19(21(26)12-22(27)23(28)29)18-11-17(30-4)9-10-20(18)25/h5-12,14,26H,13H2,1-4H3,(H,28,29). The van der Waals surface area contributed by atoms with Crippen LogP contribution in [0.5, 0.6) is 5.75 Å². The van der Waals surface area contributed by atoms with E-state index in [9.17, 15) is 14.7 Å². The van der Waals surface area contributed by atoms with Crippen molar-refractivity contribution in [1.29, 1.82) is 0 Å². The van der Waals surface area contributed by atoms with Gasteiger partial charge in [-0.15, -0.1) is 0 Å². The molecular weight excluding hydrogens is 382 g/mol. The maximum absolute atomic E-state index is 11.5.